The van der Waals surface area contributed by atoms with Gasteiger partial charge in [-0.1, -0.05) is 35.6 Å². The fraction of sp³-hybridized carbons (Fsp3) is 0.367. The van der Waals surface area contributed by atoms with Gasteiger partial charge in [-0.3, -0.25) is 9.69 Å². The predicted molar refractivity (Wildman–Crippen MR) is 154 cm³/mol. The van der Waals surface area contributed by atoms with E-state index in [-0.39, 0.29) is 22.0 Å². The lowest BCUT2D eigenvalue weighted by Gasteiger charge is -2.25. The Bertz CT molecular complexity index is 1550. The van der Waals surface area contributed by atoms with Crippen LogP contribution in [0.3, 0.4) is 0 Å². The van der Waals surface area contributed by atoms with Crippen molar-refractivity contribution in [2.45, 2.75) is 6.42 Å². The molecule has 2 aliphatic heterocycles. The molecule has 8 nitrogen and oxygen atoms in total. The highest BCUT2D eigenvalue weighted by molar-refractivity contribution is 6.31. The third-order valence-corrected chi connectivity index (χ3v) is 8.03. The van der Waals surface area contributed by atoms with E-state index in [9.17, 15) is 9.18 Å². The number of fused-ring (bicyclic) bond motifs is 2. The summed E-state index contributed by atoms with van der Waals surface area (Å²) in [5.41, 5.74) is 2.06. The van der Waals surface area contributed by atoms with E-state index in [4.69, 9.17) is 16.3 Å². The Hall–Kier alpha value is -3.55. The standard InChI is InChI=1S/C30H30ClFN6O2/c1-37-17-21-16-30(21,18-37)8-7-20-14-26-22(29(34-19-33-26)36-24-5-2-4-23(31)28(24)32)15-25(20)35-27(39)6-3-9-38-10-12-40-13-11-38/h2-6,14-15,19,21H,9-13,16-18H2,1H3,(H,35,39)(H,33,34,36)/b6-3+/t21?,30-/m0/s1. The van der Waals surface area contributed by atoms with E-state index in [0.29, 0.717) is 53.6 Å². The maximum absolute atomic E-state index is 14.6. The predicted octanol–water partition coefficient (Wildman–Crippen LogP) is 4.30. The summed E-state index contributed by atoms with van der Waals surface area (Å²) in [6, 6.07) is 8.37. The Balaban J connectivity index is 1.31. The summed E-state index contributed by atoms with van der Waals surface area (Å²) in [5, 5.41) is 6.65. The second kappa shape index (κ2) is 11.1. The average molecular weight is 561 g/mol. The number of morpholine rings is 1. The van der Waals surface area contributed by atoms with Crippen LogP contribution < -0.4 is 10.6 Å². The van der Waals surface area contributed by atoms with Crippen LogP contribution in [0.2, 0.25) is 5.02 Å². The molecule has 0 radical (unpaired) electrons. The van der Waals surface area contributed by atoms with Crippen LogP contribution in [0.1, 0.15) is 12.0 Å². The molecular formula is C30H30ClFN6O2. The molecule has 10 heteroatoms. The highest BCUT2D eigenvalue weighted by Crippen LogP contribution is 2.57. The number of anilines is 3. The van der Waals surface area contributed by atoms with Crippen molar-refractivity contribution in [2.24, 2.45) is 11.3 Å². The van der Waals surface area contributed by atoms with E-state index < -0.39 is 5.82 Å². The minimum atomic E-state index is -0.572. The zero-order valence-corrected chi connectivity index (χ0v) is 23.0. The smallest absolute Gasteiger partial charge is 0.248 e. The van der Waals surface area contributed by atoms with Gasteiger partial charge in [0.2, 0.25) is 5.91 Å². The molecule has 3 aromatic rings. The molecule has 3 heterocycles. The number of amides is 1. The number of carbonyl (C=O) groups is 1. The second-order valence-electron chi connectivity index (χ2n) is 10.7. The van der Waals surface area contributed by atoms with Gasteiger partial charge >= 0.3 is 0 Å². The topological polar surface area (TPSA) is 82.6 Å². The van der Waals surface area contributed by atoms with Crippen LogP contribution in [0.4, 0.5) is 21.6 Å². The highest BCUT2D eigenvalue weighted by atomic mass is 35.5. The number of likely N-dealkylation sites (tertiary alicyclic amines) is 1. The fourth-order valence-electron chi connectivity index (χ4n) is 5.52. The number of rotatable bonds is 6. The lowest BCUT2D eigenvalue weighted by atomic mass is 10.0. The van der Waals surface area contributed by atoms with Gasteiger partial charge in [-0.25, -0.2) is 14.4 Å². The zero-order valence-electron chi connectivity index (χ0n) is 22.2. The summed E-state index contributed by atoms with van der Waals surface area (Å²) < 4.78 is 20.0. The third kappa shape index (κ3) is 5.67. The van der Waals surface area contributed by atoms with Gasteiger partial charge < -0.3 is 20.3 Å². The SMILES string of the molecule is CN1CC2C[C@@]2(C#Cc2cc3ncnc(Nc4cccc(Cl)c4F)c3cc2NC(=O)/C=C/CN2CCOCC2)C1. The molecule has 1 aliphatic carbocycles. The third-order valence-electron chi connectivity index (χ3n) is 7.74. The van der Waals surface area contributed by atoms with Crippen molar-refractivity contribution in [1.82, 2.24) is 19.8 Å². The first kappa shape index (κ1) is 26.7. The number of ether oxygens (including phenoxy) is 1. The Morgan fingerprint density at radius 2 is 2.12 bits per heavy atom. The first-order valence-electron chi connectivity index (χ1n) is 13.4. The molecule has 1 amide bonds. The summed E-state index contributed by atoms with van der Waals surface area (Å²) in [6.07, 6.45) is 5.91. The normalized spacial score (nSPS) is 22.6. The number of hydrogen-bond donors (Lipinski definition) is 2. The lowest BCUT2D eigenvalue weighted by molar-refractivity contribution is -0.111. The minimum absolute atomic E-state index is 0.00746. The molecule has 2 saturated heterocycles. The molecule has 40 heavy (non-hydrogen) atoms. The summed E-state index contributed by atoms with van der Waals surface area (Å²) >= 11 is 5.98. The summed E-state index contributed by atoms with van der Waals surface area (Å²) in [4.78, 5) is 26.3. The molecule has 1 aromatic heterocycles. The molecule has 3 fully saturated rings. The van der Waals surface area contributed by atoms with Crippen molar-refractivity contribution in [3.8, 4) is 11.8 Å². The van der Waals surface area contributed by atoms with E-state index in [1.807, 2.05) is 12.1 Å². The van der Waals surface area contributed by atoms with Crippen molar-refractivity contribution in [1.29, 1.82) is 0 Å². The molecule has 2 N–H and O–H groups in total. The van der Waals surface area contributed by atoms with Crippen molar-refractivity contribution in [3.63, 3.8) is 0 Å². The summed E-state index contributed by atoms with van der Waals surface area (Å²) in [5.74, 6) is 7.02. The van der Waals surface area contributed by atoms with E-state index >= 15 is 0 Å². The van der Waals surface area contributed by atoms with Crippen LogP contribution in [0.5, 0.6) is 0 Å². The van der Waals surface area contributed by atoms with Gasteiger partial charge in [0, 0.05) is 49.6 Å². The van der Waals surface area contributed by atoms with Crippen LogP contribution in [0, 0.1) is 29.0 Å². The number of aromatic nitrogens is 2. The molecular weight excluding hydrogens is 531 g/mol. The Morgan fingerprint density at radius 3 is 2.92 bits per heavy atom. The van der Waals surface area contributed by atoms with Crippen LogP contribution in [-0.2, 0) is 9.53 Å². The Labute approximate surface area is 237 Å². The molecule has 1 unspecified atom stereocenters. The molecule has 6 rings (SSSR count). The quantitative estimate of drug-likeness (QED) is 0.344. The van der Waals surface area contributed by atoms with Crippen LogP contribution in [0.15, 0.2) is 48.8 Å². The Morgan fingerprint density at radius 1 is 1.27 bits per heavy atom. The van der Waals surface area contributed by atoms with Crippen LogP contribution in [-0.4, -0.2) is 78.7 Å². The van der Waals surface area contributed by atoms with Crippen LogP contribution >= 0.6 is 11.6 Å². The number of piperidine rings is 1. The average Bonchev–Trinajstić information content (AvgIpc) is 3.51. The number of halogens is 2. The second-order valence-corrected chi connectivity index (χ2v) is 11.1. The summed E-state index contributed by atoms with van der Waals surface area (Å²) in [6.45, 7) is 5.78. The van der Waals surface area contributed by atoms with Crippen molar-refractivity contribution < 1.29 is 13.9 Å². The highest BCUT2D eigenvalue weighted by Gasteiger charge is 2.58. The fourth-order valence-corrected chi connectivity index (χ4v) is 5.70. The first-order valence-corrected chi connectivity index (χ1v) is 13.8. The summed E-state index contributed by atoms with van der Waals surface area (Å²) in [7, 11) is 2.12. The zero-order chi connectivity index (χ0) is 27.7. The van der Waals surface area contributed by atoms with E-state index in [1.165, 1.54) is 12.4 Å². The van der Waals surface area contributed by atoms with Crippen molar-refractivity contribution in [2.75, 3.05) is 63.6 Å². The minimum Gasteiger partial charge on any atom is -0.379 e. The maximum atomic E-state index is 14.6. The number of benzene rings is 2. The molecule has 2 aromatic carbocycles. The Kier molecular flexibility index (Phi) is 7.43. The van der Waals surface area contributed by atoms with Gasteiger partial charge in [-0.15, -0.1) is 0 Å². The van der Waals surface area contributed by atoms with Crippen molar-refractivity contribution >= 4 is 45.6 Å². The number of nitrogens with zero attached hydrogens (tertiary/aromatic N) is 4. The van der Waals surface area contributed by atoms with Crippen LogP contribution in [0.25, 0.3) is 10.9 Å². The van der Waals surface area contributed by atoms with Gasteiger partial charge in [0.1, 0.15) is 12.1 Å². The van der Waals surface area contributed by atoms with Gasteiger partial charge in [0.15, 0.2) is 5.82 Å². The molecule has 206 valence electrons. The molecule has 3 aliphatic rings. The number of carbonyl (C=O) groups excluding carboxylic acids is 1. The van der Waals surface area contributed by atoms with Crippen molar-refractivity contribution in [3.05, 3.63) is 65.2 Å². The van der Waals surface area contributed by atoms with E-state index in [1.54, 1.807) is 24.3 Å². The van der Waals surface area contributed by atoms with Gasteiger partial charge in [0.05, 0.1) is 40.7 Å². The molecule has 1 saturated carbocycles. The lowest BCUT2D eigenvalue weighted by Crippen LogP contribution is -2.36. The largest absolute Gasteiger partial charge is 0.379 e. The molecule has 2 atom stereocenters. The maximum Gasteiger partial charge on any atom is 0.248 e. The number of nitrogens with one attached hydrogen (secondary N) is 2. The monoisotopic (exact) mass is 560 g/mol. The van der Waals surface area contributed by atoms with Gasteiger partial charge in [0.25, 0.3) is 0 Å². The van der Waals surface area contributed by atoms with Gasteiger partial charge in [-0.2, -0.15) is 0 Å². The first-order chi connectivity index (χ1) is 19.4. The molecule has 0 spiro atoms. The molecule has 0 bridgehead atoms. The van der Waals surface area contributed by atoms with Gasteiger partial charge in [-0.05, 0) is 43.7 Å². The van der Waals surface area contributed by atoms with E-state index in [0.717, 1.165) is 32.6 Å². The number of hydrogen-bond acceptors (Lipinski definition) is 7. The van der Waals surface area contributed by atoms with E-state index in [2.05, 4.69) is 49.3 Å².